The van der Waals surface area contributed by atoms with E-state index in [0.717, 1.165) is 45.6 Å². The molecule has 0 amide bonds. The van der Waals surface area contributed by atoms with E-state index in [1.54, 1.807) is 0 Å². The van der Waals surface area contributed by atoms with Gasteiger partial charge in [-0.25, -0.2) is 8.42 Å². The Morgan fingerprint density at radius 2 is 1.75 bits per heavy atom. The molecule has 0 aromatic heterocycles. The molecule has 0 spiro atoms. The van der Waals surface area contributed by atoms with Crippen LogP contribution in [0.25, 0.3) is 0 Å². The number of piperazine rings is 1. The third-order valence-corrected chi connectivity index (χ3v) is 5.96. The summed E-state index contributed by atoms with van der Waals surface area (Å²) in [6.07, 6.45) is 2.91. The Bertz CT molecular complexity index is 351. The molecular weight excluding hydrogens is 274 g/mol. The van der Waals surface area contributed by atoms with Gasteiger partial charge in [-0.15, -0.1) is 0 Å². The van der Waals surface area contributed by atoms with Crippen LogP contribution in [-0.2, 0) is 9.84 Å². The first-order valence-electron chi connectivity index (χ1n) is 7.89. The second-order valence-electron chi connectivity index (χ2n) is 5.67. The van der Waals surface area contributed by atoms with Crippen molar-refractivity contribution in [1.82, 2.24) is 9.80 Å². The smallest absolute Gasteiger partial charge is 0.151 e. The normalized spacial score (nSPS) is 20.1. The zero-order valence-corrected chi connectivity index (χ0v) is 13.9. The summed E-state index contributed by atoms with van der Waals surface area (Å²) < 4.78 is 23.5. The van der Waals surface area contributed by atoms with Crippen molar-refractivity contribution in [3.8, 4) is 0 Å². The first-order chi connectivity index (χ1) is 9.52. The van der Waals surface area contributed by atoms with Crippen molar-refractivity contribution >= 4 is 9.84 Å². The van der Waals surface area contributed by atoms with Crippen LogP contribution in [0.3, 0.4) is 0 Å². The van der Waals surface area contributed by atoms with Gasteiger partial charge in [0.1, 0.15) is 0 Å². The Morgan fingerprint density at radius 3 is 2.25 bits per heavy atom. The standard InChI is InChI=1S/C14H31N3O2S/c1-3-12-20(18,19)13-11-16-7-9-17(10-8-16)14(4-2)5-6-15/h14H,3-13,15H2,1-2H3. The third-order valence-electron chi connectivity index (χ3n) is 4.13. The van der Waals surface area contributed by atoms with Crippen molar-refractivity contribution < 1.29 is 8.42 Å². The summed E-state index contributed by atoms with van der Waals surface area (Å²) in [7, 11) is -2.85. The Labute approximate surface area is 124 Å². The Balaban J connectivity index is 2.32. The van der Waals surface area contributed by atoms with E-state index in [1.165, 1.54) is 0 Å². The molecule has 1 unspecified atom stereocenters. The topological polar surface area (TPSA) is 66.6 Å². The van der Waals surface area contributed by atoms with Crippen LogP contribution in [0.15, 0.2) is 0 Å². The lowest BCUT2D eigenvalue weighted by molar-refractivity contribution is 0.0946. The SMILES string of the molecule is CCCS(=O)(=O)CCN1CCN(C(CC)CCN)CC1. The lowest BCUT2D eigenvalue weighted by Gasteiger charge is -2.39. The minimum atomic E-state index is -2.85. The minimum Gasteiger partial charge on any atom is -0.330 e. The lowest BCUT2D eigenvalue weighted by Crippen LogP contribution is -2.51. The highest BCUT2D eigenvalue weighted by atomic mass is 32.2. The van der Waals surface area contributed by atoms with Crippen molar-refractivity contribution in [2.45, 2.75) is 39.2 Å². The lowest BCUT2D eigenvalue weighted by atomic mass is 10.1. The van der Waals surface area contributed by atoms with E-state index in [4.69, 9.17) is 5.73 Å². The highest BCUT2D eigenvalue weighted by Crippen LogP contribution is 2.12. The summed E-state index contributed by atoms with van der Waals surface area (Å²) in [6.45, 7) is 9.57. The van der Waals surface area contributed by atoms with E-state index in [0.29, 0.717) is 30.5 Å². The summed E-state index contributed by atoms with van der Waals surface area (Å²) in [6, 6.07) is 0.589. The zero-order chi connectivity index (χ0) is 15.0. The van der Waals surface area contributed by atoms with Gasteiger partial charge in [0.15, 0.2) is 9.84 Å². The molecule has 1 rings (SSSR count). The van der Waals surface area contributed by atoms with Crippen LogP contribution in [0.4, 0.5) is 0 Å². The molecule has 1 aliphatic rings. The molecule has 0 saturated carbocycles. The van der Waals surface area contributed by atoms with E-state index < -0.39 is 9.84 Å². The first kappa shape index (κ1) is 17.9. The van der Waals surface area contributed by atoms with Gasteiger partial charge in [0.05, 0.1) is 5.75 Å². The third kappa shape index (κ3) is 6.08. The second kappa shape index (κ2) is 8.97. The van der Waals surface area contributed by atoms with Gasteiger partial charge in [-0.05, 0) is 25.8 Å². The van der Waals surface area contributed by atoms with E-state index in [1.807, 2.05) is 6.92 Å². The summed E-state index contributed by atoms with van der Waals surface area (Å²) in [5, 5.41) is 0. The van der Waals surface area contributed by atoms with Gasteiger partial charge in [-0.3, -0.25) is 9.80 Å². The predicted octanol–water partition coefficient (Wildman–Crippen LogP) is 0.556. The molecule has 2 N–H and O–H groups in total. The number of hydrogen-bond acceptors (Lipinski definition) is 5. The van der Waals surface area contributed by atoms with Crippen molar-refractivity contribution in [2.75, 3.05) is 50.8 Å². The highest BCUT2D eigenvalue weighted by molar-refractivity contribution is 7.91. The highest BCUT2D eigenvalue weighted by Gasteiger charge is 2.23. The Hall–Kier alpha value is -0.170. The summed E-state index contributed by atoms with van der Waals surface area (Å²) in [5.74, 6) is 0.627. The van der Waals surface area contributed by atoms with E-state index >= 15 is 0 Å². The van der Waals surface area contributed by atoms with Gasteiger partial charge < -0.3 is 5.73 Å². The molecule has 0 aromatic rings. The molecule has 1 atom stereocenters. The van der Waals surface area contributed by atoms with Crippen LogP contribution in [0, 0.1) is 0 Å². The fourth-order valence-electron chi connectivity index (χ4n) is 2.87. The number of sulfone groups is 1. The molecule has 1 saturated heterocycles. The van der Waals surface area contributed by atoms with Crippen LogP contribution in [0.2, 0.25) is 0 Å². The zero-order valence-electron chi connectivity index (χ0n) is 13.1. The maximum Gasteiger partial charge on any atom is 0.151 e. The number of nitrogens with zero attached hydrogens (tertiary/aromatic N) is 2. The maximum absolute atomic E-state index is 11.7. The molecule has 6 heteroatoms. The average Bonchev–Trinajstić information content (AvgIpc) is 2.43. The molecule has 1 aliphatic heterocycles. The molecule has 5 nitrogen and oxygen atoms in total. The van der Waals surface area contributed by atoms with Crippen molar-refractivity contribution in [3.05, 3.63) is 0 Å². The van der Waals surface area contributed by atoms with Crippen LogP contribution < -0.4 is 5.73 Å². The van der Waals surface area contributed by atoms with Crippen molar-refractivity contribution in [1.29, 1.82) is 0 Å². The molecule has 0 aliphatic carbocycles. The Kier molecular flexibility index (Phi) is 8.02. The summed E-state index contributed by atoms with van der Waals surface area (Å²) >= 11 is 0. The van der Waals surface area contributed by atoms with Gasteiger partial charge in [-0.2, -0.15) is 0 Å². The quantitative estimate of drug-likeness (QED) is 0.674. The van der Waals surface area contributed by atoms with Gasteiger partial charge in [0.2, 0.25) is 0 Å². The number of hydrogen-bond donors (Lipinski definition) is 1. The van der Waals surface area contributed by atoms with E-state index in [2.05, 4.69) is 16.7 Å². The molecular formula is C14H31N3O2S. The monoisotopic (exact) mass is 305 g/mol. The molecule has 1 heterocycles. The molecule has 120 valence electrons. The predicted molar refractivity (Wildman–Crippen MR) is 84.7 cm³/mol. The first-order valence-corrected chi connectivity index (χ1v) is 9.71. The number of nitrogens with two attached hydrogens (primary N) is 1. The van der Waals surface area contributed by atoms with Crippen LogP contribution in [0.5, 0.6) is 0 Å². The van der Waals surface area contributed by atoms with Crippen molar-refractivity contribution in [3.63, 3.8) is 0 Å². The van der Waals surface area contributed by atoms with Gasteiger partial charge in [0, 0.05) is 44.5 Å². The Morgan fingerprint density at radius 1 is 1.10 bits per heavy atom. The molecule has 0 aromatic carbocycles. The van der Waals surface area contributed by atoms with Crippen LogP contribution in [0.1, 0.15) is 33.1 Å². The van der Waals surface area contributed by atoms with Gasteiger partial charge in [0.25, 0.3) is 0 Å². The molecule has 0 bridgehead atoms. The minimum absolute atomic E-state index is 0.306. The summed E-state index contributed by atoms with van der Waals surface area (Å²) in [4.78, 5) is 4.78. The van der Waals surface area contributed by atoms with E-state index in [9.17, 15) is 8.42 Å². The number of rotatable bonds is 9. The molecule has 20 heavy (non-hydrogen) atoms. The van der Waals surface area contributed by atoms with Gasteiger partial charge >= 0.3 is 0 Å². The fraction of sp³-hybridized carbons (Fsp3) is 1.00. The largest absolute Gasteiger partial charge is 0.330 e. The molecule has 0 radical (unpaired) electrons. The van der Waals surface area contributed by atoms with Crippen LogP contribution in [-0.4, -0.2) is 75.0 Å². The van der Waals surface area contributed by atoms with Gasteiger partial charge in [-0.1, -0.05) is 13.8 Å². The second-order valence-corrected chi connectivity index (χ2v) is 7.97. The van der Waals surface area contributed by atoms with E-state index in [-0.39, 0.29) is 0 Å². The van der Waals surface area contributed by atoms with Crippen molar-refractivity contribution in [2.24, 2.45) is 5.73 Å². The maximum atomic E-state index is 11.7. The fourth-order valence-corrected chi connectivity index (χ4v) is 4.23. The molecule has 1 fully saturated rings. The van der Waals surface area contributed by atoms with Crippen LogP contribution >= 0.6 is 0 Å². The summed E-state index contributed by atoms with van der Waals surface area (Å²) in [5.41, 5.74) is 5.66. The average molecular weight is 305 g/mol.